The molecule has 0 unspecified atom stereocenters. The van der Waals surface area contributed by atoms with Crippen molar-refractivity contribution in [3.8, 4) is 17.0 Å². The molecule has 14 heteroatoms. The lowest BCUT2D eigenvalue weighted by molar-refractivity contribution is -0.0495. The van der Waals surface area contributed by atoms with Crippen molar-refractivity contribution in [3.63, 3.8) is 0 Å². The molecule has 3 heterocycles. The molecule has 0 radical (unpaired) electrons. The molecular weight excluding hydrogens is 590 g/mol. The molecule has 37 heavy (non-hydrogen) atoms. The summed E-state index contributed by atoms with van der Waals surface area (Å²) in [7, 11) is -1.33. The molecule has 0 aliphatic heterocycles. The van der Waals surface area contributed by atoms with Gasteiger partial charge < -0.3 is 14.8 Å². The highest BCUT2D eigenvalue weighted by Crippen LogP contribution is 2.41. The van der Waals surface area contributed by atoms with Crippen LogP contribution in [0.25, 0.3) is 16.9 Å². The van der Waals surface area contributed by atoms with Crippen LogP contribution >= 0.6 is 27.5 Å². The van der Waals surface area contributed by atoms with Crippen LogP contribution in [0, 0.1) is 0 Å². The molecule has 0 bridgehead atoms. The molecular formula is C23H24BrClF2N6O3Si. The fourth-order valence-electron chi connectivity index (χ4n) is 3.47. The number of benzene rings is 1. The third-order valence-electron chi connectivity index (χ3n) is 5.32. The molecule has 0 spiro atoms. The smallest absolute Gasteiger partial charge is 0.387 e. The van der Waals surface area contributed by atoms with Crippen LogP contribution in [0.3, 0.4) is 0 Å². The Balaban J connectivity index is 1.73. The highest BCUT2D eigenvalue weighted by molar-refractivity contribution is 9.10. The molecule has 1 N–H and O–H groups in total. The zero-order valence-electron chi connectivity index (χ0n) is 20.2. The minimum atomic E-state index is -3.09. The van der Waals surface area contributed by atoms with Crippen molar-refractivity contribution in [2.45, 2.75) is 39.0 Å². The molecule has 0 fully saturated rings. The standard InChI is InChI=1S/C23H24BrClF2N6O3Si/c1-37(2,3)8-7-35-13-33-20(14-9-16(24)17(25)10-19(14)36-23(26)27)18(12-30-33)31-22(34)15-11-29-32-6-4-5-28-21(15)32/h4-6,9-12,23H,7-8,13H2,1-3H3,(H,31,34). The Kier molecular flexibility index (Phi) is 8.26. The van der Waals surface area contributed by atoms with Crippen molar-refractivity contribution in [3.05, 3.63) is 58.0 Å². The van der Waals surface area contributed by atoms with Gasteiger partial charge in [-0.25, -0.2) is 14.2 Å². The van der Waals surface area contributed by atoms with Gasteiger partial charge in [-0.2, -0.15) is 19.0 Å². The van der Waals surface area contributed by atoms with E-state index in [1.165, 1.54) is 33.7 Å². The van der Waals surface area contributed by atoms with Crippen LogP contribution in [0.4, 0.5) is 14.5 Å². The maximum Gasteiger partial charge on any atom is 0.387 e. The monoisotopic (exact) mass is 612 g/mol. The van der Waals surface area contributed by atoms with E-state index in [2.05, 4.69) is 56.1 Å². The molecule has 9 nitrogen and oxygen atoms in total. The highest BCUT2D eigenvalue weighted by atomic mass is 79.9. The van der Waals surface area contributed by atoms with Crippen molar-refractivity contribution in [1.29, 1.82) is 0 Å². The second-order valence-electron chi connectivity index (χ2n) is 9.30. The number of rotatable bonds is 10. The SMILES string of the molecule is C[Si](C)(C)CCOCn1ncc(NC(=O)c2cnn3cccnc23)c1-c1cc(Br)c(Cl)cc1OC(F)F. The van der Waals surface area contributed by atoms with Crippen LogP contribution in [-0.2, 0) is 11.5 Å². The van der Waals surface area contributed by atoms with Gasteiger partial charge in [0.05, 0.1) is 28.8 Å². The number of nitrogens with one attached hydrogen (secondary N) is 1. The number of fused-ring (bicyclic) bond motifs is 1. The van der Waals surface area contributed by atoms with Crippen molar-refractivity contribution < 1.29 is 23.0 Å². The lowest BCUT2D eigenvalue weighted by atomic mass is 10.1. The highest BCUT2D eigenvalue weighted by Gasteiger charge is 2.24. The van der Waals surface area contributed by atoms with Crippen molar-refractivity contribution >= 4 is 52.8 Å². The second-order valence-corrected chi connectivity index (χ2v) is 16.2. The van der Waals surface area contributed by atoms with Crippen LogP contribution in [0.15, 0.2) is 47.5 Å². The van der Waals surface area contributed by atoms with Crippen molar-refractivity contribution in [2.24, 2.45) is 0 Å². The Morgan fingerprint density at radius 2 is 2.03 bits per heavy atom. The fraction of sp³-hybridized carbons (Fsp3) is 0.304. The van der Waals surface area contributed by atoms with Gasteiger partial charge in [0.25, 0.3) is 5.91 Å². The van der Waals surface area contributed by atoms with Gasteiger partial charge in [0.2, 0.25) is 0 Å². The van der Waals surface area contributed by atoms with E-state index < -0.39 is 20.6 Å². The predicted octanol–water partition coefficient (Wildman–Crippen LogP) is 6.17. The Bertz CT molecular complexity index is 1430. The largest absolute Gasteiger partial charge is 0.434 e. The maximum absolute atomic E-state index is 13.3. The molecule has 4 rings (SSSR count). The van der Waals surface area contributed by atoms with Crippen LogP contribution < -0.4 is 10.1 Å². The van der Waals surface area contributed by atoms with Gasteiger partial charge in [0.1, 0.15) is 18.0 Å². The quantitative estimate of drug-likeness (QED) is 0.170. The summed E-state index contributed by atoms with van der Waals surface area (Å²) in [6.07, 6.45) is 6.03. The minimum absolute atomic E-state index is 0.0301. The number of anilines is 1. The molecule has 0 atom stereocenters. The first-order chi connectivity index (χ1) is 17.5. The summed E-state index contributed by atoms with van der Waals surface area (Å²) in [5.41, 5.74) is 1.38. The molecule has 0 saturated carbocycles. The first-order valence-corrected chi connectivity index (χ1v) is 16.1. The van der Waals surface area contributed by atoms with Gasteiger partial charge in [0.15, 0.2) is 5.65 Å². The van der Waals surface area contributed by atoms with Gasteiger partial charge in [0, 0.05) is 43.2 Å². The van der Waals surface area contributed by atoms with Gasteiger partial charge >= 0.3 is 6.61 Å². The molecule has 0 aliphatic carbocycles. The Labute approximate surface area is 225 Å². The number of carbonyl (C=O) groups is 1. The van der Waals surface area contributed by atoms with E-state index in [4.69, 9.17) is 21.1 Å². The minimum Gasteiger partial charge on any atom is -0.434 e. The van der Waals surface area contributed by atoms with Crippen LogP contribution in [0.5, 0.6) is 5.75 Å². The van der Waals surface area contributed by atoms with Gasteiger partial charge in [-0.3, -0.25) is 4.79 Å². The van der Waals surface area contributed by atoms with E-state index in [1.54, 1.807) is 18.5 Å². The van der Waals surface area contributed by atoms with Crippen molar-refractivity contribution in [1.82, 2.24) is 24.4 Å². The molecule has 3 aromatic heterocycles. The summed E-state index contributed by atoms with van der Waals surface area (Å²) in [6, 6.07) is 5.43. The third-order valence-corrected chi connectivity index (χ3v) is 8.22. The molecule has 1 amide bonds. The van der Waals surface area contributed by atoms with E-state index in [0.29, 0.717) is 22.4 Å². The van der Waals surface area contributed by atoms with Crippen LogP contribution in [0.1, 0.15) is 10.4 Å². The Morgan fingerprint density at radius 3 is 2.76 bits per heavy atom. The topological polar surface area (TPSA) is 95.6 Å². The van der Waals surface area contributed by atoms with Gasteiger partial charge in [-0.15, -0.1) is 0 Å². The van der Waals surface area contributed by atoms with Gasteiger partial charge in [-0.1, -0.05) is 31.2 Å². The number of hydrogen-bond donors (Lipinski definition) is 1. The van der Waals surface area contributed by atoms with E-state index in [9.17, 15) is 13.6 Å². The van der Waals surface area contributed by atoms with Crippen LogP contribution in [0.2, 0.25) is 30.7 Å². The second kappa shape index (κ2) is 11.3. The average Bonchev–Trinajstić information content (AvgIpc) is 3.42. The normalized spacial score (nSPS) is 11.9. The maximum atomic E-state index is 13.3. The Morgan fingerprint density at radius 1 is 1.24 bits per heavy atom. The first-order valence-electron chi connectivity index (χ1n) is 11.2. The summed E-state index contributed by atoms with van der Waals surface area (Å²) in [5, 5.41) is 11.5. The number of nitrogens with zero attached hydrogens (tertiary/aromatic N) is 5. The first kappa shape index (κ1) is 27.2. The third kappa shape index (κ3) is 6.53. The van der Waals surface area contributed by atoms with E-state index >= 15 is 0 Å². The summed E-state index contributed by atoms with van der Waals surface area (Å²) in [6.45, 7) is 4.15. The van der Waals surface area contributed by atoms with E-state index in [1.807, 2.05) is 0 Å². The van der Waals surface area contributed by atoms with E-state index in [-0.39, 0.29) is 34.3 Å². The summed E-state index contributed by atoms with van der Waals surface area (Å²) >= 11 is 9.50. The molecule has 1 aromatic carbocycles. The number of aromatic nitrogens is 5. The number of hydrogen-bond acceptors (Lipinski definition) is 6. The van der Waals surface area contributed by atoms with Crippen molar-refractivity contribution in [2.75, 3.05) is 11.9 Å². The number of ether oxygens (including phenoxy) is 2. The summed E-state index contributed by atoms with van der Waals surface area (Å²) in [4.78, 5) is 17.4. The predicted molar refractivity (Wildman–Crippen MR) is 142 cm³/mol. The molecule has 0 aliphatic rings. The molecule has 4 aromatic rings. The Hall–Kier alpha value is -2.87. The summed E-state index contributed by atoms with van der Waals surface area (Å²) in [5.74, 6) is -0.682. The van der Waals surface area contributed by atoms with Gasteiger partial charge in [-0.05, 0) is 34.1 Å². The molecule has 196 valence electrons. The zero-order chi connectivity index (χ0) is 26.7. The number of alkyl halides is 2. The van der Waals surface area contributed by atoms with Crippen LogP contribution in [-0.4, -0.2) is 51.6 Å². The lowest BCUT2D eigenvalue weighted by Crippen LogP contribution is -2.22. The number of amides is 1. The number of carbonyl (C=O) groups excluding carboxylic acids is 1. The summed E-state index contributed by atoms with van der Waals surface area (Å²) < 4.78 is 40.6. The zero-order valence-corrected chi connectivity index (χ0v) is 23.6. The lowest BCUT2D eigenvalue weighted by Gasteiger charge is -2.17. The molecule has 0 saturated heterocycles. The number of halogens is 4. The average molecular weight is 614 g/mol. The van der Waals surface area contributed by atoms with E-state index in [0.717, 1.165) is 6.04 Å². The fourth-order valence-corrected chi connectivity index (χ4v) is 4.73.